The molecule has 1 rings (SSSR count). The minimum Gasteiger partial charge on any atom is -0.388 e. The van der Waals surface area contributed by atoms with Crippen molar-refractivity contribution in [3.63, 3.8) is 0 Å². The molecular formula is C12H20N2O. The SMILES string of the molecule is CCC(O)c1cnc(NC(C)C)cc1C. The van der Waals surface area contributed by atoms with E-state index in [0.717, 1.165) is 23.4 Å². The lowest BCUT2D eigenvalue weighted by molar-refractivity contribution is 0.172. The molecule has 0 aliphatic rings. The Kier molecular flexibility index (Phi) is 4.09. The fourth-order valence-corrected chi connectivity index (χ4v) is 1.51. The maximum absolute atomic E-state index is 9.72. The second kappa shape index (κ2) is 5.12. The molecule has 0 aliphatic heterocycles. The third-order valence-electron chi connectivity index (χ3n) is 2.33. The number of rotatable bonds is 4. The molecule has 0 fully saturated rings. The summed E-state index contributed by atoms with van der Waals surface area (Å²) in [5.74, 6) is 0.870. The molecule has 0 bridgehead atoms. The third-order valence-corrected chi connectivity index (χ3v) is 2.33. The minimum atomic E-state index is -0.398. The summed E-state index contributed by atoms with van der Waals surface area (Å²) in [6, 6.07) is 2.35. The van der Waals surface area contributed by atoms with Crippen molar-refractivity contribution in [2.24, 2.45) is 0 Å². The monoisotopic (exact) mass is 208 g/mol. The van der Waals surface area contributed by atoms with Gasteiger partial charge < -0.3 is 10.4 Å². The van der Waals surface area contributed by atoms with Gasteiger partial charge in [0.15, 0.2) is 0 Å². The van der Waals surface area contributed by atoms with Gasteiger partial charge in [-0.15, -0.1) is 0 Å². The van der Waals surface area contributed by atoms with Crippen LogP contribution < -0.4 is 5.32 Å². The van der Waals surface area contributed by atoms with Crippen LogP contribution >= 0.6 is 0 Å². The number of aryl methyl sites for hydroxylation is 1. The Morgan fingerprint density at radius 3 is 2.60 bits per heavy atom. The molecule has 0 saturated carbocycles. The van der Waals surface area contributed by atoms with E-state index in [-0.39, 0.29) is 0 Å². The third kappa shape index (κ3) is 3.20. The van der Waals surface area contributed by atoms with E-state index in [2.05, 4.69) is 24.1 Å². The molecule has 0 amide bonds. The zero-order valence-corrected chi connectivity index (χ0v) is 9.91. The van der Waals surface area contributed by atoms with E-state index in [9.17, 15) is 5.11 Å². The fraction of sp³-hybridized carbons (Fsp3) is 0.583. The molecule has 1 aromatic heterocycles. The van der Waals surface area contributed by atoms with Gasteiger partial charge in [-0.2, -0.15) is 0 Å². The summed E-state index contributed by atoms with van der Waals surface area (Å²) >= 11 is 0. The standard InChI is InChI=1S/C12H20N2O/c1-5-11(15)10-7-13-12(6-9(10)4)14-8(2)3/h6-8,11,15H,5H2,1-4H3,(H,13,14). The molecule has 3 nitrogen and oxygen atoms in total. The number of pyridine rings is 1. The predicted octanol–water partition coefficient (Wildman–Crippen LogP) is 2.65. The molecule has 0 spiro atoms. The number of anilines is 1. The summed E-state index contributed by atoms with van der Waals surface area (Å²) < 4.78 is 0. The van der Waals surface area contributed by atoms with Crippen LogP contribution in [0, 0.1) is 6.92 Å². The van der Waals surface area contributed by atoms with Crippen molar-refractivity contribution in [1.29, 1.82) is 0 Å². The molecule has 0 aliphatic carbocycles. The van der Waals surface area contributed by atoms with Gasteiger partial charge in [-0.1, -0.05) is 6.92 Å². The number of aliphatic hydroxyl groups is 1. The molecule has 0 radical (unpaired) electrons. The molecule has 3 heteroatoms. The maximum atomic E-state index is 9.72. The summed E-state index contributed by atoms with van der Waals surface area (Å²) in [4.78, 5) is 4.28. The van der Waals surface area contributed by atoms with Gasteiger partial charge in [0.25, 0.3) is 0 Å². The largest absolute Gasteiger partial charge is 0.388 e. The first-order chi connectivity index (χ1) is 7.04. The van der Waals surface area contributed by atoms with Crippen molar-refractivity contribution in [3.8, 4) is 0 Å². The van der Waals surface area contributed by atoms with Gasteiger partial charge in [-0.25, -0.2) is 4.98 Å². The summed E-state index contributed by atoms with van der Waals surface area (Å²) in [5, 5.41) is 13.0. The van der Waals surface area contributed by atoms with E-state index < -0.39 is 6.10 Å². The fourth-order valence-electron chi connectivity index (χ4n) is 1.51. The molecule has 1 atom stereocenters. The second-order valence-electron chi connectivity index (χ2n) is 4.15. The highest BCUT2D eigenvalue weighted by Crippen LogP contribution is 2.21. The molecule has 1 unspecified atom stereocenters. The topological polar surface area (TPSA) is 45.2 Å². The number of hydrogen-bond acceptors (Lipinski definition) is 3. The number of aromatic nitrogens is 1. The molecule has 2 N–H and O–H groups in total. The summed E-state index contributed by atoms with van der Waals surface area (Å²) in [7, 11) is 0. The zero-order valence-electron chi connectivity index (χ0n) is 9.91. The Bertz CT molecular complexity index is 323. The molecule has 0 saturated heterocycles. The molecule has 15 heavy (non-hydrogen) atoms. The first-order valence-corrected chi connectivity index (χ1v) is 5.45. The highest BCUT2D eigenvalue weighted by Gasteiger charge is 2.09. The molecule has 1 aromatic rings. The van der Waals surface area contributed by atoms with Crippen LogP contribution in [-0.2, 0) is 0 Å². The van der Waals surface area contributed by atoms with Gasteiger partial charge in [0.1, 0.15) is 5.82 Å². The maximum Gasteiger partial charge on any atom is 0.126 e. The van der Waals surface area contributed by atoms with E-state index in [1.54, 1.807) is 6.20 Å². The van der Waals surface area contributed by atoms with Gasteiger partial charge in [0, 0.05) is 17.8 Å². The average Bonchev–Trinajstić information content (AvgIpc) is 2.16. The van der Waals surface area contributed by atoms with E-state index in [0.29, 0.717) is 6.04 Å². The van der Waals surface area contributed by atoms with Crippen LogP contribution in [-0.4, -0.2) is 16.1 Å². The molecule has 0 aromatic carbocycles. The van der Waals surface area contributed by atoms with Crippen molar-refractivity contribution < 1.29 is 5.11 Å². The van der Waals surface area contributed by atoms with E-state index in [1.807, 2.05) is 19.9 Å². The van der Waals surface area contributed by atoms with Gasteiger partial charge in [0.05, 0.1) is 6.10 Å². The molecule has 84 valence electrons. The van der Waals surface area contributed by atoms with Crippen molar-refractivity contribution in [3.05, 3.63) is 23.4 Å². The van der Waals surface area contributed by atoms with Crippen molar-refractivity contribution in [2.45, 2.75) is 46.3 Å². The lowest BCUT2D eigenvalue weighted by Gasteiger charge is -2.14. The summed E-state index contributed by atoms with van der Waals surface area (Å²) in [6.07, 6.45) is 2.08. The van der Waals surface area contributed by atoms with Crippen molar-refractivity contribution >= 4 is 5.82 Å². The van der Waals surface area contributed by atoms with Gasteiger partial charge in [0.2, 0.25) is 0 Å². The lowest BCUT2D eigenvalue weighted by atomic mass is 10.0. The normalized spacial score (nSPS) is 12.9. The summed E-state index contributed by atoms with van der Waals surface area (Å²) in [6.45, 7) is 8.11. The molecule has 1 heterocycles. The van der Waals surface area contributed by atoms with E-state index in [1.165, 1.54) is 0 Å². The second-order valence-corrected chi connectivity index (χ2v) is 4.15. The predicted molar refractivity (Wildman–Crippen MR) is 63.0 cm³/mol. The van der Waals surface area contributed by atoms with Crippen LogP contribution in [0.4, 0.5) is 5.82 Å². The van der Waals surface area contributed by atoms with E-state index >= 15 is 0 Å². The van der Waals surface area contributed by atoms with Crippen molar-refractivity contribution in [2.75, 3.05) is 5.32 Å². The molecular weight excluding hydrogens is 188 g/mol. The Hall–Kier alpha value is -1.09. The first kappa shape index (κ1) is 12.0. The Morgan fingerprint density at radius 1 is 1.47 bits per heavy atom. The van der Waals surface area contributed by atoms with Crippen LogP contribution in [0.2, 0.25) is 0 Å². The first-order valence-electron chi connectivity index (χ1n) is 5.45. The lowest BCUT2D eigenvalue weighted by Crippen LogP contribution is -2.11. The van der Waals surface area contributed by atoms with Gasteiger partial charge in [-0.3, -0.25) is 0 Å². The highest BCUT2D eigenvalue weighted by molar-refractivity contribution is 5.41. The Labute approximate surface area is 91.5 Å². The summed E-state index contributed by atoms with van der Waals surface area (Å²) in [5.41, 5.74) is 2.01. The van der Waals surface area contributed by atoms with Crippen LogP contribution in [0.5, 0.6) is 0 Å². The smallest absolute Gasteiger partial charge is 0.126 e. The van der Waals surface area contributed by atoms with Gasteiger partial charge in [-0.05, 0) is 38.8 Å². The number of nitrogens with zero attached hydrogens (tertiary/aromatic N) is 1. The zero-order chi connectivity index (χ0) is 11.4. The number of nitrogens with one attached hydrogen (secondary N) is 1. The van der Waals surface area contributed by atoms with Crippen molar-refractivity contribution in [1.82, 2.24) is 4.98 Å². The van der Waals surface area contributed by atoms with Crippen LogP contribution in [0.1, 0.15) is 44.4 Å². The Morgan fingerprint density at radius 2 is 2.13 bits per heavy atom. The Balaban J connectivity index is 2.88. The average molecular weight is 208 g/mol. The van der Waals surface area contributed by atoms with Crippen LogP contribution in [0.3, 0.4) is 0 Å². The highest BCUT2D eigenvalue weighted by atomic mass is 16.3. The van der Waals surface area contributed by atoms with E-state index in [4.69, 9.17) is 0 Å². The minimum absolute atomic E-state index is 0.374. The quantitative estimate of drug-likeness (QED) is 0.799. The number of hydrogen-bond donors (Lipinski definition) is 2. The van der Waals surface area contributed by atoms with Gasteiger partial charge >= 0.3 is 0 Å². The number of aliphatic hydroxyl groups excluding tert-OH is 1. The van der Waals surface area contributed by atoms with Crippen LogP contribution in [0.25, 0.3) is 0 Å². The van der Waals surface area contributed by atoms with Crippen LogP contribution in [0.15, 0.2) is 12.3 Å².